The van der Waals surface area contributed by atoms with Crippen LogP contribution in [-0.2, 0) is 0 Å². The second-order valence-corrected chi connectivity index (χ2v) is 11.2. The van der Waals surface area contributed by atoms with Crippen molar-refractivity contribution in [3.63, 3.8) is 0 Å². The molecule has 0 aliphatic carbocycles. The lowest BCUT2D eigenvalue weighted by Gasteiger charge is -2.24. The first kappa shape index (κ1) is 26.8. The van der Waals surface area contributed by atoms with E-state index in [4.69, 9.17) is 16.5 Å². The monoisotopic (exact) mass is 381 g/mol. The van der Waals surface area contributed by atoms with Crippen LogP contribution in [0.2, 0.25) is 0 Å². The molecule has 1 rings (SSSR count). The molecule has 26 heavy (non-hydrogen) atoms. The lowest BCUT2D eigenvalue weighted by atomic mass is 10.00. The van der Waals surface area contributed by atoms with Gasteiger partial charge in [0, 0.05) is 29.2 Å². The van der Waals surface area contributed by atoms with E-state index in [1.807, 2.05) is 65.8 Å². The van der Waals surface area contributed by atoms with Crippen LogP contribution < -0.4 is 11.5 Å². The Labute approximate surface area is 164 Å². The molecule has 0 bridgehead atoms. The zero-order chi connectivity index (χ0) is 20.8. The van der Waals surface area contributed by atoms with Crippen LogP contribution in [0.15, 0.2) is 35.0 Å². The van der Waals surface area contributed by atoms with Gasteiger partial charge in [0.15, 0.2) is 0 Å². The molecule has 0 aliphatic heterocycles. The highest BCUT2D eigenvalue weighted by Gasteiger charge is 2.08. The van der Waals surface area contributed by atoms with E-state index in [1.54, 1.807) is 0 Å². The van der Waals surface area contributed by atoms with E-state index in [1.165, 1.54) is 12.2 Å². The third-order valence-corrected chi connectivity index (χ3v) is 4.98. The van der Waals surface area contributed by atoms with Gasteiger partial charge in [-0.3, -0.25) is 4.99 Å². The maximum atomic E-state index is 6.07. The first-order valence-corrected chi connectivity index (χ1v) is 12.7. The highest BCUT2D eigenvalue weighted by Crippen LogP contribution is 2.35. The zero-order valence-corrected chi connectivity index (χ0v) is 19.5. The highest BCUT2D eigenvalue weighted by molar-refractivity contribution is 8.32. The quantitative estimate of drug-likeness (QED) is 0.348. The van der Waals surface area contributed by atoms with Gasteiger partial charge in [-0.05, 0) is 68.9 Å². The minimum absolute atomic E-state index is 0.391. The molecular weight excluding hydrogens is 338 g/mol. The maximum Gasteiger partial charge on any atom is 0.0412 e. The molecule has 1 aromatic rings. The minimum Gasteiger partial charge on any atom is -0.402 e. The summed E-state index contributed by atoms with van der Waals surface area (Å²) in [6, 6.07) is 7.81. The van der Waals surface area contributed by atoms with E-state index >= 15 is 0 Å². The van der Waals surface area contributed by atoms with Crippen molar-refractivity contribution in [1.29, 1.82) is 0 Å². The molecule has 0 saturated carbocycles. The molecule has 152 valence electrons. The first-order chi connectivity index (χ1) is 12.2. The normalized spacial score (nSPS) is 12.9. The van der Waals surface area contributed by atoms with E-state index in [9.17, 15) is 0 Å². The van der Waals surface area contributed by atoms with Crippen LogP contribution in [0.3, 0.4) is 0 Å². The number of aliphatic imine (C=N–C) groups is 1. The van der Waals surface area contributed by atoms with E-state index in [2.05, 4.69) is 18.8 Å². The number of nitrogens with two attached hydrogens (primary N) is 2. The second kappa shape index (κ2) is 14.7. The molecule has 4 heteroatoms. The molecule has 0 aliphatic rings. The van der Waals surface area contributed by atoms with Crippen molar-refractivity contribution in [3.8, 4) is 0 Å². The molecule has 0 amide bonds. The number of rotatable bonds is 7. The minimum atomic E-state index is -0.391. The molecule has 0 unspecified atom stereocenters. The molecule has 3 nitrogen and oxygen atoms in total. The van der Waals surface area contributed by atoms with Crippen LogP contribution in [-0.4, -0.2) is 36.8 Å². The molecule has 4 N–H and O–H groups in total. The maximum absolute atomic E-state index is 6.07. The van der Waals surface area contributed by atoms with Gasteiger partial charge in [0.05, 0.1) is 0 Å². The largest absolute Gasteiger partial charge is 0.402 e. The molecule has 0 fully saturated rings. The van der Waals surface area contributed by atoms with Crippen molar-refractivity contribution < 1.29 is 0 Å². The molecule has 0 heterocycles. The topological polar surface area (TPSA) is 64.4 Å². The van der Waals surface area contributed by atoms with Crippen LogP contribution >= 0.6 is 10.0 Å². The summed E-state index contributed by atoms with van der Waals surface area (Å²) in [7, 11) is -0.391. The van der Waals surface area contributed by atoms with Gasteiger partial charge in [-0.15, -0.1) is 0 Å². The molecule has 0 atom stereocenters. The van der Waals surface area contributed by atoms with Crippen LogP contribution in [0.25, 0.3) is 5.57 Å². The van der Waals surface area contributed by atoms with Crippen molar-refractivity contribution in [1.82, 2.24) is 0 Å². The highest BCUT2D eigenvalue weighted by atomic mass is 32.3. The van der Waals surface area contributed by atoms with Crippen LogP contribution in [0.1, 0.15) is 59.9 Å². The smallest absolute Gasteiger partial charge is 0.0412 e. The van der Waals surface area contributed by atoms with Gasteiger partial charge in [0.25, 0.3) is 0 Å². The van der Waals surface area contributed by atoms with Crippen molar-refractivity contribution in [2.75, 3.05) is 36.8 Å². The average molecular weight is 382 g/mol. The summed E-state index contributed by atoms with van der Waals surface area (Å²) in [5.41, 5.74) is 16.5. The Bertz CT molecular complexity index is 534. The third kappa shape index (κ3) is 12.0. The standard InChI is InChI=1S/C18H31N3S.2C2H6/c1-14(19)18(16-8-10-17(20)11-9-16)15(2)21-12-6-7-13-22(3,4)5;2*1-2/h8-11H,6-7,12-13,19-20H2,1-5H3;2*1-2H3/b18-14+,21-15?;;. The van der Waals surface area contributed by atoms with E-state index in [0.717, 1.165) is 41.2 Å². The van der Waals surface area contributed by atoms with Crippen molar-refractivity contribution >= 4 is 27.0 Å². The van der Waals surface area contributed by atoms with Crippen LogP contribution in [0.4, 0.5) is 5.69 Å². The average Bonchev–Trinajstić information content (AvgIpc) is 2.59. The van der Waals surface area contributed by atoms with Gasteiger partial charge in [-0.1, -0.05) is 39.8 Å². The number of allylic oxidation sites excluding steroid dienone is 2. The second-order valence-electron chi connectivity index (χ2n) is 6.65. The van der Waals surface area contributed by atoms with Crippen LogP contribution in [0.5, 0.6) is 0 Å². The fourth-order valence-corrected chi connectivity index (χ4v) is 3.41. The molecule has 0 radical (unpaired) electrons. The Morgan fingerprint density at radius 2 is 1.42 bits per heavy atom. The summed E-state index contributed by atoms with van der Waals surface area (Å²) in [6.07, 6.45) is 9.47. The Morgan fingerprint density at radius 1 is 0.923 bits per heavy atom. The van der Waals surface area contributed by atoms with E-state index < -0.39 is 10.0 Å². The fourth-order valence-electron chi connectivity index (χ4n) is 2.34. The van der Waals surface area contributed by atoms with Gasteiger partial charge < -0.3 is 11.5 Å². The predicted molar refractivity (Wildman–Crippen MR) is 128 cm³/mol. The third-order valence-electron chi connectivity index (χ3n) is 3.47. The molecule has 0 aromatic heterocycles. The molecular formula is C22H43N3S. The number of hydrogen-bond acceptors (Lipinski definition) is 3. The summed E-state index contributed by atoms with van der Waals surface area (Å²) in [5, 5.41) is 0. The summed E-state index contributed by atoms with van der Waals surface area (Å²) < 4.78 is 0. The summed E-state index contributed by atoms with van der Waals surface area (Å²) in [4.78, 5) is 4.72. The lowest BCUT2D eigenvalue weighted by Crippen LogP contribution is -2.07. The number of hydrogen-bond donors (Lipinski definition) is 2. The Hall–Kier alpha value is -1.42. The number of nitrogen functional groups attached to an aromatic ring is 1. The van der Waals surface area contributed by atoms with Gasteiger partial charge in [0.1, 0.15) is 0 Å². The summed E-state index contributed by atoms with van der Waals surface area (Å²) in [6.45, 7) is 12.8. The van der Waals surface area contributed by atoms with Gasteiger partial charge >= 0.3 is 0 Å². The SMILES string of the molecule is CC.CC.CC(=NCCCCS(C)(C)C)/C(=C(/C)N)c1ccc(N)cc1. The van der Waals surface area contributed by atoms with Crippen molar-refractivity contribution in [3.05, 3.63) is 35.5 Å². The van der Waals surface area contributed by atoms with Crippen LogP contribution in [0, 0.1) is 0 Å². The van der Waals surface area contributed by atoms with Gasteiger partial charge in [0.2, 0.25) is 0 Å². The summed E-state index contributed by atoms with van der Waals surface area (Å²) in [5.74, 6) is 1.32. The Morgan fingerprint density at radius 3 is 1.85 bits per heavy atom. The van der Waals surface area contributed by atoms with Crippen molar-refractivity contribution in [2.45, 2.75) is 54.4 Å². The zero-order valence-electron chi connectivity index (χ0n) is 18.6. The number of nitrogens with zero attached hydrogens (tertiary/aromatic N) is 1. The lowest BCUT2D eigenvalue weighted by molar-refractivity contribution is 0.814. The van der Waals surface area contributed by atoms with E-state index in [-0.39, 0.29) is 0 Å². The number of benzene rings is 1. The number of unbranched alkanes of at least 4 members (excludes halogenated alkanes) is 1. The van der Waals surface area contributed by atoms with Gasteiger partial charge in [-0.2, -0.15) is 0 Å². The first-order valence-electron chi connectivity index (χ1n) is 9.70. The molecule has 0 saturated heterocycles. The van der Waals surface area contributed by atoms with Crippen molar-refractivity contribution in [2.24, 2.45) is 10.7 Å². The number of anilines is 1. The predicted octanol–water partition coefficient (Wildman–Crippen LogP) is 5.95. The Balaban J connectivity index is 0. The molecule has 1 aromatic carbocycles. The van der Waals surface area contributed by atoms with E-state index in [0.29, 0.717) is 0 Å². The molecule has 0 spiro atoms. The summed E-state index contributed by atoms with van der Waals surface area (Å²) >= 11 is 0. The fraction of sp³-hybridized carbons (Fsp3) is 0.591. The van der Waals surface area contributed by atoms with Gasteiger partial charge in [-0.25, -0.2) is 10.0 Å². The Kier molecular flexibility index (Phi) is 15.2.